The summed E-state index contributed by atoms with van der Waals surface area (Å²) in [5.74, 6) is 1.85. The molecule has 4 aliphatic rings. The van der Waals surface area contributed by atoms with E-state index in [0.29, 0.717) is 24.2 Å². The first-order valence-electron chi connectivity index (χ1n) is 11.0. The quantitative estimate of drug-likeness (QED) is 0.731. The number of hydrogen-bond acceptors (Lipinski definition) is 4. The van der Waals surface area contributed by atoms with Crippen molar-refractivity contribution in [3.8, 4) is 0 Å². The maximum atomic E-state index is 12.0. The number of ether oxygens (including phenoxy) is 1. The van der Waals surface area contributed by atoms with E-state index in [2.05, 4.69) is 13.8 Å². The van der Waals surface area contributed by atoms with E-state index in [1.165, 1.54) is 6.92 Å². The van der Waals surface area contributed by atoms with Gasteiger partial charge in [0.25, 0.3) is 0 Å². The van der Waals surface area contributed by atoms with Gasteiger partial charge < -0.3 is 9.84 Å². The first-order valence-corrected chi connectivity index (χ1v) is 11.0. The van der Waals surface area contributed by atoms with Crippen LogP contribution in [0.3, 0.4) is 0 Å². The molecule has 8 atom stereocenters. The van der Waals surface area contributed by atoms with Gasteiger partial charge in [0.05, 0.1) is 5.60 Å². The van der Waals surface area contributed by atoms with Gasteiger partial charge in [0.15, 0.2) is 0 Å². The molecule has 0 unspecified atom stereocenters. The molecule has 0 aromatic rings. The monoisotopic (exact) mass is 376 g/mol. The van der Waals surface area contributed by atoms with Gasteiger partial charge in [-0.1, -0.05) is 13.8 Å². The number of esters is 1. The molecular formula is C23H36O4. The fourth-order valence-corrected chi connectivity index (χ4v) is 7.95. The molecule has 0 bridgehead atoms. The molecule has 0 heterocycles. The minimum absolute atomic E-state index is 0.0355. The number of carbonyl (C=O) groups excluding carboxylic acids is 2. The summed E-state index contributed by atoms with van der Waals surface area (Å²) < 4.78 is 5.73. The molecule has 0 aliphatic heterocycles. The molecule has 0 saturated heterocycles. The lowest BCUT2D eigenvalue weighted by Gasteiger charge is -2.64. The zero-order valence-corrected chi connectivity index (χ0v) is 17.4. The Morgan fingerprint density at radius 3 is 2.33 bits per heavy atom. The van der Waals surface area contributed by atoms with Gasteiger partial charge in [-0.25, -0.2) is 0 Å². The van der Waals surface area contributed by atoms with Crippen LogP contribution >= 0.6 is 0 Å². The van der Waals surface area contributed by atoms with Crippen LogP contribution in [0.25, 0.3) is 0 Å². The van der Waals surface area contributed by atoms with Crippen molar-refractivity contribution in [1.82, 2.24) is 0 Å². The van der Waals surface area contributed by atoms with Gasteiger partial charge in [0, 0.05) is 18.3 Å². The van der Waals surface area contributed by atoms with E-state index >= 15 is 0 Å². The van der Waals surface area contributed by atoms with E-state index in [0.717, 1.165) is 51.4 Å². The number of Topliss-reactive ketones (excluding diaryl/α,β-unsaturated/α-hetero) is 1. The smallest absolute Gasteiger partial charge is 0.302 e. The highest BCUT2D eigenvalue weighted by Crippen LogP contribution is 2.68. The Morgan fingerprint density at radius 2 is 1.67 bits per heavy atom. The van der Waals surface area contributed by atoms with Gasteiger partial charge in [-0.15, -0.1) is 0 Å². The van der Waals surface area contributed by atoms with Crippen LogP contribution < -0.4 is 0 Å². The summed E-state index contributed by atoms with van der Waals surface area (Å²) in [5, 5.41) is 11.7. The molecule has 0 aromatic heterocycles. The molecule has 0 amide bonds. The minimum atomic E-state index is -0.690. The van der Waals surface area contributed by atoms with Crippen LogP contribution in [-0.2, 0) is 14.3 Å². The maximum absolute atomic E-state index is 12.0. The first kappa shape index (κ1) is 19.4. The van der Waals surface area contributed by atoms with Crippen LogP contribution in [-0.4, -0.2) is 28.6 Å². The summed E-state index contributed by atoms with van der Waals surface area (Å²) in [6.07, 6.45) is 8.78. The van der Waals surface area contributed by atoms with Crippen molar-refractivity contribution >= 4 is 11.8 Å². The second kappa shape index (κ2) is 6.30. The molecule has 4 aliphatic carbocycles. The van der Waals surface area contributed by atoms with Crippen molar-refractivity contribution in [2.45, 2.75) is 97.2 Å². The maximum Gasteiger partial charge on any atom is 0.302 e. The van der Waals surface area contributed by atoms with Gasteiger partial charge in [-0.05, 0) is 87.9 Å². The summed E-state index contributed by atoms with van der Waals surface area (Å²) >= 11 is 0. The summed E-state index contributed by atoms with van der Waals surface area (Å²) in [5.41, 5.74) is -0.678. The van der Waals surface area contributed by atoms with E-state index in [1.807, 2.05) is 0 Å². The Kier molecular flexibility index (Phi) is 4.53. The van der Waals surface area contributed by atoms with Crippen molar-refractivity contribution in [3.05, 3.63) is 0 Å². The van der Waals surface area contributed by atoms with E-state index in [4.69, 9.17) is 4.74 Å². The first-order chi connectivity index (χ1) is 12.6. The zero-order valence-electron chi connectivity index (χ0n) is 17.4. The van der Waals surface area contributed by atoms with Gasteiger partial charge in [-0.2, -0.15) is 0 Å². The Balaban J connectivity index is 1.59. The Labute approximate surface area is 163 Å². The topological polar surface area (TPSA) is 63.6 Å². The van der Waals surface area contributed by atoms with Crippen molar-refractivity contribution in [1.29, 1.82) is 0 Å². The molecule has 0 aromatic carbocycles. The molecule has 4 heteroatoms. The number of aliphatic hydroxyl groups is 1. The van der Waals surface area contributed by atoms with Gasteiger partial charge >= 0.3 is 5.97 Å². The van der Waals surface area contributed by atoms with Crippen LogP contribution in [0.2, 0.25) is 0 Å². The summed E-state index contributed by atoms with van der Waals surface area (Å²) in [4.78, 5) is 23.5. The predicted molar refractivity (Wildman–Crippen MR) is 103 cm³/mol. The largest absolute Gasteiger partial charge is 0.462 e. The number of fused-ring (bicyclic) bond motifs is 5. The Bertz CT molecular complexity index is 644. The highest BCUT2D eigenvalue weighted by molar-refractivity contribution is 5.78. The molecule has 0 radical (unpaired) electrons. The number of carbonyl (C=O) groups is 2. The third-order valence-corrected chi connectivity index (χ3v) is 9.60. The lowest BCUT2D eigenvalue weighted by Crippen LogP contribution is -2.62. The van der Waals surface area contributed by atoms with Crippen molar-refractivity contribution in [2.75, 3.05) is 0 Å². The van der Waals surface area contributed by atoms with Crippen LogP contribution in [0.1, 0.15) is 85.5 Å². The van der Waals surface area contributed by atoms with E-state index in [-0.39, 0.29) is 34.6 Å². The van der Waals surface area contributed by atoms with Crippen LogP contribution in [0.5, 0.6) is 0 Å². The highest BCUT2D eigenvalue weighted by Gasteiger charge is 2.65. The second-order valence-corrected chi connectivity index (χ2v) is 10.6. The lowest BCUT2D eigenvalue weighted by molar-refractivity contribution is -0.215. The van der Waals surface area contributed by atoms with Crippen LogP contribution in [0, 0.1) is 34.5 Å². The van der Waals surface area contributed by atoms with Gasteiger partial charge in [-0.3, -0.25) is 9.59 Å². The van der Waals surface area contributed by atoms with Crippen molar-refractivity contribution < 1.29 is 19.4 Å². The van der Waals surface area contributed by atoms with Crippen LogP contribution in [0.15, 0.2) is 0 Å². The number of hydrogen-bond donors (Lipinski definition) is 1. The standard InChI is InChI=1S/C23H36O4/c1-14(24)16-7-11-22(4)19-9-10-21(3)18(5-6-20(21)27-15(2)25)17(19)8-12-23(22,26)13-16/h16-20,26H,5-13H2,1-4H3/t16-,17-,18-,19-,20-,21-,22+,23-/m0/s1. The molecule has 4 rings (SSSR count). The van der Waals surface area contributed by atoms with Gasteiger partial charge in [0.2, 0.25) is 0 Å². The number of ketones is 1. The fraction of sp³-hybridized carbons (Fsp3) is 0.913. The van der Waals surface area contributed by atoms with Gasteiger partial charge in [0.1, 0.15) is 11.9 Å². The minimum Gasteiger partial charge on any atom is -0.462 e. The van der Waals surface area contributed by atoms with E-state index in [1.54, 1.807) is 6.92 Å². The molecule has 152 valence electrons. The molecule has 1 N–H and O–H groups in total. The molecule has 4 fully saturated rings. The Hall–Kier alpha value is -0.900. The predicted octanol–water partition coefficient (Wildman–Crippen LogP) is 4.28. The van der Waals surface area contributed by atoms with Crippen LogP contribution in [0.4, 0.5) is 0 Å². The number of rotatable bonds is 2. The van der Waals surface area contributed by atoms with E-state index < -0.39 is 5.60 Å². The third-order valence-electron chi connectivity index (χ3n) is 9.60. The summed E-state index contributed by atoms with van der Waals surface area (Å²) in [7, 11) is 0. The Morgan fingerprint density at radius 1 is 0.926 bits per heavy atom. The average Bonchev–Trinajstić information content (AvgIpc) is 2.91. The fourth-order valence-electron chi connectivity index (χ4n) is 7.95. The van der Waals surface area contributed by atoms with Crippen molar-refractivity contribution in [2.24, 2.45) is 34.5 Å². The molecule has 4 saturated carbocycles. The summed E-state index contributed by atoms with van der Waals surface area (Å²) in [6, 6.07) is 0. The molecule has 27 heavy (non-hydrogen) atoms. The molecule has 0 spiro atoms. The van der Waals surface area contributed by atoms with E-state index in [9.17, 15) is 14.7 Å². The SMILES string of the molecule is CC(=O)O[C@H]1CC[C@H]2[C@@H]3CC[C@]4(O)C[C@@H](C(C)=O)CC[C@]4(C)[C@H]3CC[C@]12C. The zero-order chi connectivity index (χ0) is 19.6. The van der Waals surface area contributed by atoms with Crippen molar-refractivity contribution in [3.63, 3.8) is 0 Å². The summed E-state index contributed by atoms with van der Waals surface area (Å²) in [6.45, 7) is 7.85. The molecular weight excluding hydrogens is 340 g/mol. The molecule has 4 nitrogen and oxygen atoms in total. The second-order valence-electron chi connectivity index (χ2n) is 10.6. The third kappa shape index (κ3) is 2.73. The highest BCUT2D eigenvalue weighted by atomic mass is 16.5. The lowest BCUT2D eigenvalue weighted by atomic mass is 9.43. The average molecular weight is 377 g/mol. The normalized spacial score (nSPS) is 51.7.